The molecule has 62 valence electrons. The van der Waals surface area contributed by atoms with E-state index in [2.05, 4.69) is 42.4 Å². The highest BCUT2D eigenvalue weighted by atomic mass is 79.9. The lowest BCUT2D eigenvalue weighted by molar-refractivity contribution is 0.421. The second kappa shape index (κ2) is 3.14. The van der Waals surface area contributed by atoms with Crippen molar-refractivity contribution in [3.63, 3.8) is 0 Å². The SMILES string of the molecule is C=CC1=CC(C)(C)C(Br)CC1. The Morgan fingerprint density at radius 2 is 2.36 bits per heavy atom. The Morgan fingerprint density at radius 3 is 2.82 bits per heavy atom. The van der Waals surface area contributed by atoms with E-state index in [1.165, 1.54) is 18.4 Å². The topological polar surface area (TPSA) is 0 Å². The average Bonchev–Trinajstić information content (AvgIpc) is 1.95. The molecule has 0 amide bonds. The second-order valence-electron chi connectivity index (χ2n) is 3.75. The van der Waals surface area contributed by atoms with Crippen molar-refractivity contribution < 1.29 is 0 Å². The van der Waals surface area contributed by atoms with Crippen LogP contribution in [0.15, 0.2) is 24.3 Å². The van der Waals surface area contributed by atoms with Crippen molar-refractivity contribution in [2.24, 2.45) is 5.41 Å². The molecule has 1 aliphatic rings. The molecule has 1 aliphatic carbocycles. The Kier molecular flexibility index (Phi) is 2.58. The van der Waals surface area contributed by atoms with Gasteiger partial charge in [0.25, 0.3) is 0 Å². The number of halogens is 1. The van der Waals surface area contributed by atoms with Crippen LogP contribution in [0.1, 0.15) is 26.7 Å². The van der Waals surface area contributed by atoms with Gasteiger partial charge in [0.15, 0.2) is 0 Å². The van der Waals surface area contributed by atoms with E-state index in [1.807, 2.05) is 6.08 Å². The molecule has 0 spiro atoms. The number of hydrogen-bond acceptors (Lipinski definition) is 0. The van der Waals surface area contributed by atoms with Gasteiger partial charge in [-0.3, -0.25) is 0 Å². The molecule has 0 bridgehead atoms. The largest absolute Gasteiger partial charge is 0.0988 e. The van der Waals surface area contributed by atoms with Gasteiger partial charge in [-0.05, 0) is 18.3 Å². The van der Waals surface area contributed by atoms with Crippen LogP contribution in [0.3, 0.4) is 0 Å². The minimum atomic E-state index is 0.293. The predicted octanol–water partition coefficient (Wildman–Crippen LogP) is 3.68. The molecule has 0 saturated heterocycles. The van der Waals surface area contributed by atoms with E-state index in [1.54, 1.807) is 0 Å². The maximum absolute atomic E-state index is 3.79. The molecule has 0 radical (unpaired) electrons. The summed E-state index contributed by atoms with van der Waals surface area (Å²) in [6, 6.07) is 0. The molecule has 0 aromatic heterocycles. The van der Waals surface area contributed by atoms with E-state index in [4.69, 9.17) is 0 Å². The Hall–Kier alpha value is -0.0400. The molecule has 0 aliphatic heterocycles. The van der Waals surface area contributed by atoms with Gasteiger partial charge < -0.3 is 0 Å². The summed E-state index contributed by atoms with van der Waals surface area (Å²) in [6.45, 7) is 8.31. The van der Waals surface area contributed by atoms with Crippen molar-refractivity contribution in [2.45, 2.75) is 31.5 Å². The van der Waals surface area contributed by atoms with Crippen molar-refractivity contribution in [1.29, 1.82) is 0 Å². The predicted molar refractivity (Wildman–Crippen MR) is 54.0 cm³/mol. The summed E-state index contributed by atoms with van der Waals surface area (Å²) in [5.74, 6) is 0. The fourth-order valence-electron chi connectivity index (χ4n) is 1.47. The van der Waals surface area contributed by atoms with Gasteiger partial charge in [0, 0.05) is 4.83 Å². The standard InChI is InChI=1S/C10H15Br/c1-4-8-5-6-9(11)10(2,3)7-8/h4,7,9H,1,5-6H2,2-3H3. The van der Waals surface area contributed by atoms with Gasteiger partial charge in [0.05, 0.1) is 0 Å². The fourth-order valence-corrected chi connectivity index (χ4v) is 1.83. The molecule has 1 unspecified atom stereocenters. The summed E-state index contributed by atoms with van der Waals surface area (Å²) in [6.07, 6.45) is 6.69. The highest BCUT2D eigenvalue weighted by molar-refractivity contribution is 9.09. The highest BCUT2D eigenvalue weighted by Gasteiger charge is 2.28. The first-order valence-electron chi connectivity index (χ1n) is 4.04. The van der Waals surface area contributed by atoms with Crippen LogP contribution in [-0.2, 0) is 0 Å². The van der Waals surface area contributed by atoms with Gasteiger partial charge >= 0.3 is 0 Å². The van der Waals surface area contributed by atoms with Crippen LogP contribution in [-0.4, -0.2) is 4.83 Å². The van der Waals surface area contributed by atoms with E-state index < -0.39 is 0 Å². The average molecular weight is 215 g/mol. The zero-order valence-corrected chi connectivity index (χ0v) is 8.82. The lowest BCUT2D eigenvalue weighted by atomic mass is 9.79. The third-order valence-corrected chi connectivity index (χ3v) is 3.95. The van der Waals surface area contributed by atoms with Crippen LogP contribution < -0.4 is 0 Å². The van der Waals surface area contributed by atoms with Crippen molar-refractivity contribution in [3.05, 3.63) is 24.3 Å². The summed E-state index contributed by atoms with van der Waals surface area (Å²) < 4.78 is 0. The summed E-state index contributed by atoms with van der Waals surface area (Å²) >= 11 is 3.69. The van der Waals surface area contributed by atoms with E-state index in [-0.39, 0.29) is 0 Å². The van der Waals surface area contributed by atoms with E-state index in [0.29, 0.717) is 10.2 Å². The van der Waals surface area contributed by atoms with Crippen molar-refractivity contribution in [3.8, 4) is 0 Å². The van der Waals surface area contributed by atoms with Crippen LogP contribution in [0, 0.1) is 5.41 Å². The Labute approximate surface area is 77.5 Å². The fraction of sp³-hybridized carbons (Fsp3) is 0.600. The molecule has 0 aromatic rings. The van der Waals surface area contributed by atoms with E-state index in [9.17, 15) is 0 Å². The van der Waals surface area contributed by atoms with Gasteiger partial charge in [-0.1, -0.05) is 54.1 Å². The van der Waals surface area contributed by atoms with Crippen LogP contribution in [0.25, 0.3) is 0 Å². The molecular formula is C10H15Br. The second-order valence-corrected chi connectivity index (χ2v) is 4.86. The van der Waals surface area contributed by atoms with Gasteiger partial charge in [-0.25, -0.2) is 0 Å². The summed E-state index contributed by atoms with van der Waals surface area (Å²) in [5.41, 5.74) is 1.69. The molecule has 0 N–H and O–H groups in total. The zero-order valence-electron chi connectivity index (χ0n) is 7.23. The first-order valence-corrected chi connectivity index (χ1v) is 4.96. The van der Waals surface area contributed by atoms with Crippen LogP contribution >= 0.6 is 15.9 Å². The van der Waals surface area contributed by atoms with Gasteiger partial charge in [-0.15, -0.1) is 0 Å². The number of hydrogen-bond donors (Lipinski definition) is 0. The maximum Gasteiger partial charge on any atom is 0.0234 e. The molecule has 0 fully saturated rings. The first kappa shape index (κ1) is 9.05. The van der Waals surface area contributed by atoms with Crippen LogP contribution in [0.4, 0.5) is 0 Å². The lowest BCUT2D eigenvalue weighted by Crippen LogP contribution is -2.25. The number of allylic oxidation sites excluding steroid dienone is 3. The van der Waals surface area contributed by atoms with Crippen molar-refractivity contribution in [2.75, 3.05) is 0 Å². The number of alkyl halides is 1. The van der Waals surface area contributed by atoms with Gasteiger partial charge in [0.2, 0.25) is 0 Å². The summed E-state index contributed by atoms with van der Waals surface area (Å²) in [7, 11) is 0. The van der Waals surface area contributed by atoms with Crippen LogP contribution in [0.5, 0.6) is 0 Å². The first-order chi connectivity index (χ1) is 5.06. The molecule has 0 nitrogen and oxygen atoms in total. The van der Waals surface area contributed by atoms with Crippen molar-refractivity contribution in [1.82, 2.24) is 0 Å². The number of rotatable bonds is 1. The molecule has 1 atom stereocenters. The molecule has 0 saturated carbocycles. The Bertz CT molecular complexity index is 189. The van der Waals surface area contributed by atoms with E-state index in [0.717, 1.165) is 0 Å². The zero-order chi connectivity index (χ0) is 8.48. The molecule has 1 rings (SSSR count). The quantitative estimate of drug-likeness (QED) is 0.585. The van der Waals surface area contributed by atoms with Crippen molar-refractivity contribution >= 4 is 15.9 Å². The maximum atomic E-state index is 3.79. The summed E-state index contributed by atoms with van der Waals surface area (Å²) in [5, 5.41) is 0. The molecule has 11 heavy (non-hydrogen) atoms. The third kappa shape index (κ3) is 1.96. The highest BCUT2D eigenvalue weighted by Crippen LogP contribution is 2.38. The third-order valence-electron chi connectivity index (χ3n) is 2.31. The molecule has 1 heteroatoms. The Balaban J connectivity index is 2.84. The smallest absolute Gasteiger partial charge is 0.0234 e. The minimum absolute atomic E-state index is 0.293. The lowest BCUT2D eigenvalue weighted by Gasteiger charge is -2.32. The monoisotopic (exact) mass is 214 g/mol. The van der Waals surface area contributed by atoms with Gasteiger partial charge in [0.1, 0.15) is 0 Å². The Morgan fingerprint density at radius 1 is 1.73 bits per heavy atom. The molecule has 0 aromatic carbocycles. The molecule has 0 heterocycles. The van der Waals surface area contributed by atoms with Gasteiger partial charge in [-0.2, -0.15) is 0 Å². The minimum Gasteiger partial charge on any atom is -0.0988 e. The summed E-state index contributed by atoms with van der Waals surface area (Å²) in [4.78, 5) is 0.624. The van der Waals surface area contributed by atoms with Crippen LogP contribution in [0.2, 0.25) is 0 Å². The molecular weight excluding hydrogens is 200 g/mol. The van der Waals surface area contributed by atoms with E-state index >= 15 is 0 Å². The normalized spacial score (nSPS) is 29.4.